The summed E-state index contributed by atoms with van der Waals surface area (Å²) in [5.41, 5.74) is -0.993. The topological polar surface area (TPSA) is 40.7 Å². The molecule has 0 bridgehead atoms. The molecule has 1 aromatic carbocycles. The largest absolute Gasteiger partial charge is 0.416 e. The lowest BCUT2D eigenvalue weighted by Gasteiger charge is -2.17. The molecule has 1 heterocycles. The molecule has 0 saturated carbocycles. The van der Waals surface area contributed by atoms with E-state index < -0.39 is 17.6 Å². The lowest BCUT2D eigenvalue weighted by Crippen LogP contribution is -2.13. The van der Waals surface area contributed by atoms with Crippen molar-refractivity contribution in [2.45, 2.75) is 25.6 Å². The van der Waals surface area contributed by atoms with Gasteiger partial charge in [-0.1, -0.05) is 6.92 Å². The summed E-state index contributed by atoms with van der Waals surface area (Å²) >= 11 is 0. The van der Waals surface area contributed by atoms with Crippen LogP contribution in [0.1, 0.15) is 30.8 Å². The Morgan fingerprint density at radius 2 is 2.10 bits per heavy atom. The van der Waals surface area contributed by atoms with Crippen LogP contribution >= 0.6 is 0 Å². The zero-order valence-electron chi connectivity index (χ0n) is 10.6. The van der Waals surface area contributed by atoms with E-state index in [9.17, 15) is 17.6 Å². The molecule has 2 N–H and O–H groups in total. The van der Waals surface area contributed by atoms with E-state index in [1.54, 1.807) is 12.4 Å². The number of alkyl halides is 3. The van der Waals surface area contributed by atoms with Crippen molar-refractivity contribution in [1.29, 1.82) is 0 Å². The van der Waals surface area contributed by atoms with Crippen LogP contribution < -0.4 is 5.32 Å². The number of halogens is 4. The molecule has 7 heteroatoms. The van der Waals surface area contributed by atoms with Crippen LogP contribution in [-0.4, -0.2) is 9.97 Å². The van der Waals surface area contributed by atoms with Crippen molar-refractivity contribution in [1.82, 2.24) is 9.97 Å². The standard InChI is InChI=1S/C13H13F4N3/c1-2-10(12-18-5-6-19-12)20-11-4-3-8(7-9(11)14)13(15,16)17/h3-7,10,20H,2H2,1H3,(H,18,19). The molecule has 3 nitrogen and oxygen atoms in total. The molecule has 0 fully saturated rings. The Hall–Kier alpha value is -2.05. The number of aromatic amines is 1. The molecule has 1 aromatic heterocycles. The monoisotopic (exact) mass is 287 g/mol. The highest BCUT2D eigenvalue weighted by atomic mass is 19.4. The first-order valence-corrected chi connectivity index (χ1v) is 6.04. The van der Waals surface area contributed by atoms with Gasteiger partial charge >= 0.3 is 6.18 Å². The number of rotatable bonds is 4. The predicted octanol–water partition coefficient (Wildman–Crippen LogP) is 4.13. The minimum atomic E-state index is -4.55. The Labute approximate surface area is 113 Å². The highest BCUT2D eigenvalue weighted by Crippen LogP contribution is 2.32. The summed E-state index contributed by atoms with van der Waals surface area (Å²) in [5, 5.41) is 2.84. The Balaban J connectivity index is 2.21. The highest BCUT2D eigenvalue weighted by molar-refractivity contribution is 5.48. The maximum atomic E-state index is 13.7. The summed E-state index contributed by atoms with van der Waals surface area (Å²) in [4.78, 5) is 6.94. The molecule has 2 aromatic rings. The first kappa shape index (κ1) is 14.4. The molecular formula is C13H13F4N3. The van der Waals surface area contributed by atoms with Gasteiger partial charge < -0.3 is 10.3 Å². The normalized spacial score (nSPS) is 13.2. The molecule has 20 heavy (non-hydrogen) atoms. The Kier molecular flexibility index (Phi) is 3.96. The van der Waals surface area contributed by atoms with Crippen LogP contribution in [0.25, 0.3) is 0 Å². The third-order valence-corrected chi connectivity index (χ3v) is 2.88. The van der Waals surface area contributed by atoms with Crippen molar-refractivity contribution in [3.63, 3.8) is 0 Å². The van der Waals surface area contributed by atoms with Crippen LogP contribution in [0.2, 0.25) is 0 Å². The van der Waals surface area contributed by atoms with E-state index in [0.717, 1.165) is 12.1 Å². The average molecular weight is 287 g/mol. The van der Waals surface area contributed by atoms with Crippen LogP contribution in [0.4, 0.5) is 23.2 Å². The fourth-order valence-corrected chi connectivity index (χ4v) is 1.83. The third-order valence-electron chi connectivity index (χ3n) is 2.88. The van der Waals surface area contributed by atoms with Crippen molar-refractivity contribution >= 4 is 5.69 Å². The number of anilines is 1. The summed E-state index contributed by atoms with van der Waals surface area (Å²) in [6.45, 7) is 1.86. The fourth-order valence-electron chi connectivity index (χ4n) is 1.83. The summed E-state index contributed by atoms with van der Waals surface area (Å²) in [7, 11) is 0. The van der Waals surface area contributed by atoms with Crippen molar-refractivity contribution < 1.29 is 17.6 Å². The average Bonchev–Trinajstić information content (AvgIpc) is 2.90. The minimum Gasteiger partial charge on any atom is -0.373 e. The minimum absolute atomic E-state index is 0.0150. The van der Waals surface area contributed by atoms with Gasteiger partial charge in [-0.2, -0.15) is 13.2 Å². The molecule has 0 aliphatic carbocycles. The van der Waals surface area contributed by atoms with Crippen LogP contribution in [0.5, 0.6) is 0 Å². The van der Waals surface area contributed by atoms with Crippen molar-refractivity contribution in [2.75, 3.05) is 5.32 Å². The zero-order chi connectivity index (χ0) is 14.8. The molecule has 1 unspecified atom stereocenters. The van der Waals surface area contributed by atoms with E-state index in [4.69, 9.17) is 0 Å². The highest BCUT2D eigenvalue weighted by Gasteiger charge is 2.31. The lowest BCUT2D eigenvalue weighted by molar-refractivity contribution is -0.137. The van der Waals surface area contributed by atoms with Gasteiger partial charge in [0.1, 0.15) is 11.6 Å². The first-order valence-electron chi connectivity index (χ1n) is 6.04. The number of H-pyrrole nitrogens is 1. The van der Waals surface area contributed by atoms with Gasteiger partial charge in [0.25, 0.3) is 0 Å². The van der Waals surface area contributed by atoms with Crippen LogP contribution in [0.15, 0.2) is 30.6 Å². The summed E-state index contributed by atoms with van der Waals surface area (Å²) in [5.74, 6) is -0.336. The smallest absolute Gasteiger partial charge is 0.373 e. The number of hydrogen-bond donors (Lipinski definition) is 2. The fraction of sp³-hybridized carbons (Fsp3) is 0.308. The van der Waals surface area contributed by atoms with E-state index in [1.165, 1.54) is 0 Å². The Morgan fingerprint density at radius 3 is 2.60 bits per heavy atom. The first-order chi connectivity index (χ1) is 9.41. The second-order valence-electron chi connectivity index (χ2n) is 4.27. The third kappa shape index (κ3) is 3.09. The second-order valence-corrected chi connectivity index (χ2v) is 4.27. The molecular weight excluding hydrogens is 274 g/mol. The van der Waals surface area contributed by atoms with Gasteiger partial charge in [-0.05, 0) is 24.6 Å². The van der Waals surface area contributed by atoms with E-state index in [2.05, 4.69) is 15.3 Å². The molecule has 0 radical (unpaired) electrons. The van der Waals surface area contributed by atoms with Crippen molar-refractivity contribution in [3.05, 3.63) is 47.8 Å². The molecule has 0 aliphatic heterocycles. The van der Waals surface area contributed by atoms with Gasteiger partial charge in [0.15, 0.2) is 0 Å². The van der Waals surface area contributed by atoms with Gasteiger partial charge in [0, 0.05) is 12.4 Å². The van der Waals surface area contributed by atoms with E-state index in [0.29, 0.717) is 18.3 Å². The molecule has 0 saturated heterocycles. The van der Waals surface area contributed by atoms with Gasteiger partial charge in [0.05, 0.1) is 17.3 Å². The molecule has 1 atom stereocenters. The maximum Gasteiger partial charge on any atom is 0.416 e. The van der Waals surface area contributed by atoms with Crippen LogP contribution in [0.3, 0.4) is 0 Å². The molecule has 2 rings (SSSR count). The van der Waals surface area contributed by atoms with E-state index in [1.807, 2.05) is 6.92 Å². The predicted molar refractivity (Wildman–Crippen MR) is 66.6 cm³/mol. The van der Waals surface area contributed by atoms with Gasteiger partial charge in [-0.3, -0.25) is 0 Å². The SMILES string of the molecule is CCC(Nc1ccc(C(F)(F)F)cc1F)c1ncc[nH]1. The van der Waals surface area contributed by atoms with Crippen molar-refractivity contribution in [3.8, 4) is 0 Å². The maximum absolute atomic E-state index is 13.7. The quantitative estimate of drug-likeness (QED) is 0.830. The van der Waals surface area contributed by atoms with Crippen molar-refractivity contribution in [2.24, 2.45) is 0 Å². The molecule has 0 spiro atoms. The molecule has 0 aliphatic rings. The number of benzene rings is 1. The summed E-state index contributed by atoms with van der Waals surface area (Å²) < 4.78 is 51.1. The zero-order valence-corrected chi connectivity index (χ0v) is 10.6. The van der Waals surface area contributed by atoms with E-state index in [-0.39, 0.29) is 11.7 Å². The second kappa shape index (κ2) is 5.52. The van der Waals surface area contributed by atoms with E-state index >= 15 is 0 Å². The van der Waals surface area contributed by atoms with Gasteiger partial charge in [-0.15, -0.1) is 0 Å². The number of aromatic nitrogens is 2. The van der Waals surface area contributed by atoms with Crippen LogP contribution in [-0.2, 0) is 6.18 Å². The Morgan fingerprint density at radius 1 is 1.35 bits per heavy atom. The van der Waals surface area contributed by atoms with Gasteiger partial charge in [-0.25, -0.2) is 9.37 Å². The van der Waals surface area contributed by atoms with Crippen LogP contribution in [0, 0.1) is 5.82 Å². The summed E-state index contributed by atoms with van der Waals surface area (Å²) in [6, 6.07) is 2.12. The number of imidazole rings is 1. The number of hydrogen-bond acceptors (Lipinski definition) is 2. The Bertz CT molecular complexity index is 563. The van der Waals surface area contributed by atoms with Gasteiger partial charge in [0.2, 0.25) is 0 Å². The molecule has 0 amide bonds. The lowest BCUT2D eigenvalue weighted by atomic mass is 10.1. The summed E-state index contributed by atoms with van der Waals surface area (Å²) in [6.07, 6.45) is -0.760. The molecule has 108 valence electrons. The number of nitrogens with zero attached hydrogens (tertiary/aromatic N) is 1. The number of nitrogens with one attached hydrogen (secondary N) is 2.